The van der Waals surface area contributed by atoms with Crippen LogP contribution in [0.3, 0.4) is 0 Å². The molecule has 0 saturated heterocycles. The minimum Gasteiger partial charge on any atom is -0.480 e. The fourth-order valence-electron chi connectivity index (χ4n) is 1.60. The van der Waals surface area contributed by atoms with Gasteiger partial charge in [0.05, 0.1) is 6.04 Å². The minimum absolute atomic E-state index is 0. The molecule has 0 heterocycles. The van der Waals surface area contributed by atoms with Crippen LogP contribution in [-0.2, 0) is 9.59 Å². The summed E-state index contributed by atoms with van der Waals surface area (Å²) in [6, 6.07) is -1.48. The van der Waals surface area contributed by atoms with E-state index >= 15 is 0 Å². The molecule has 0 rings (SSSR count). The largest absolute Gasteiger partial charge is 0.480 e. The molecule has 0 aromatic heterocycles. The molecule has 116 valence electrons. The Hall–Kier alpha value is -0.560. The maximum atomic E-state index is 11.9. The topological polar surface area (TPSA) is 110 Å². The normalized spacial score (nSPS) is 12.6. The van der Waals surface area contributed by atoms with Gasteiger partial charge in [-0.15, -0.1) is 24.8 Å². The van der Waals surface area contributed by atoms with E-state index in [1.165, 1.54) is 11.8 Å². The number of unbranched alkanes of at least 4 members (excludes halogenated alkanes) is 1. The molecule has 0 aliphatic carbocycles. The number of aliphatic carboxylic acids is 1. The first-order chi connectivity index (χ1) is 7.95. The second kappa shape index (κ2) is 12.5. The van der Waals surface area contributed by atoms with Gasteiger partial charge in [-0.2, -0.15) is 0 Å². The molecule has 6 nitrogen and oxygen atoms in total. The monoisotopic (exact) mass is 317 g/mol. The lowest BCUT2D eigenvalue weighted by molar-refractivity contribution is -0.149. The molecular weight excluding hydrogens is 293 g/mol. The molecule has 0 fully saturated rings. The Balaban J connectivity index is -0.00000128. The highest BCUT2D eigenvalue weighted by Crippen LogP contribution is 2.06. The standard InChI is InChI=1S/C11H23N3O3.2ClH/c1-3-14(8(2)11(16)17)10(15)9(13)6-4-5-7-12;;/h8-9H,3-7,12-13H2,1-2H3,(H,16,17);2*1H/t8-,9-;;/m0../s1. The third-order valence-corrected chi connectivity index (χ3v) is 2.74. The van der Waals surface area contributed by atoms with Gasteiger partial charge in [-0.1, -0.05) is 6.42 Å². The zero-order valence-electron chi connectivity index (χ0n) is 11.4. The van der Waals surface area contributed by atoms with Crippen molar-refractivity contribution in [3.63, 3.8) is 0 Å². The average Bonchev–Trinajstić information content (AvgIpc) is 2.29. The van der Waals surface area contributed by atoms with Crippen LogP contribution in [0.25, 0.3) is 0 Å². The minimum atomic E-state index is -1.02. The van der Waals surface area contributed by atoms with E-state index in [0.717, 1.165) is 12.8 Å². The van der Waals surface area contributed by atoms with Gasteiger partial charge in [-0.25, -0.2) is 4.79 Å². The number of hydrogen-bond donors (Lipinski definition) is 3. The van der Waals surface area contributed by atoms with E-state index in [9.17, 15) is 9.59 Å². The van der Waals surface area contributed by atoms with Gasteiger partial charge in [-0.05, 0) is 33.2 Å². The first kappa shape index (κ1) is 23.5. The summed E-state index contributed by atoms with van der Waals surface area (Å²) in [7, 11) is 0. The number of halogens is 2. The molecule has 0 aliphatic heterocycles. The summed E-state index contributed by atoms with van der Waals surface area (Å²) in [4.78, 5) is 24.0. The molecule has 0 aliphatic rings. The number of carboxylic acids is 1. The lowest BCUT2D eigenvalue weighted by Gasteiger charge is -2.27. The van der Waals surface area contributed by atoms with Crippen LogP contribution in [0.15, 0.2) is 0 Å². The maximum Gasteiger partial charge on any atom is 0.326 e. The maximum absolute atomic E-state index is 11.9. The number of carbonyl (C=O) groups is 2. The number of likely N-dealkylation sites (N-methyl/N-ethyl adjacent to an activating group) is 1. The molecule has 19 heavy (non-hydrogen) atoms. The third-order valence-electron chi connectivity index (χ3n) is 2.74. The van der Waals surface area contributed by atoms with Gasteiger partial charge in [-0.3, -0.25) is 4.79 Å². The predicted octanol–water partition coefficient (Wildman–Crippen LogP) is 0.608. The average molecular weight is 318 g/mol. The van der Waals surface area contributed by atoms with Crippen molar-refractivity contribution in [3.05, 3.63) is 0 Å². The lowest BCUT2D eigenvalue weighted by atomic mass is 10.1. The summed E-state index contributed by atoms with van der Waals surface area (Å²) in [5.74, 6) is -1.33. The van der Waals surface area contributed by atoms with Crippen molar-refractivity contribution in [1.82, 2.24) is 4.90 Å². The summed E-state index contributed by atoms with van der Waals surface area (Å²) in [6.07, 6.45) is 2.14. The quantitative estimate of drug-likeness (QED) is 0.568. The van der Waals surface area contributed by atoms with Crippen molar-refractivity contribution < 1.29 is 14.7 Å². The van der Waals surface area contributed by atoms with Gasteiger partial charge in [0.25, 0.3) is 0 Å². The molecule has 5 N–H and O–H groups in total. The Morgan fingerprint density at radius 3 is 2.16 bits per heavy atom. The lowest BCUT2D eigenvalue weighted by Crippen LogP contribution is -2.50. The first-order valence-corrected chi connectivity index (χ1v) is 5.94. The SMILES string of the molecule is CCN(C(=O)[C@@H](N)CCCCN)[C@@H](C)C(=O)O.Cl.Cl. The van der Waals surface area contributed by atoms with Crippen molar-refractivity contribution in [1.29, 1.82) is 0 Å². The number of hydrogen-bond acceptors (Lipinski definition) is 4. The Morgan fingerprint density at radius 2 is 1.79 bits per heavy atom. The number of nitrogens with zero attached hydrogens (tertiary/aromatic N) is 1. The Labute approximate surface area is 126 Å². The van der Waals surface area contributed by atoms with Crippen LogP contribution in [0.5, 0.6) is 0 Å². The Morgan fingerprint density at radius 1 is 1.26 bits per heavy atom. The van der Waals surface area contributed by atoms with Crippen molar-refractivity contribution in [3.8, 4) is 0 Å². The number of carbonyl (C=O) groups excluding carboxylic acids is 1. The van der Waals surface area contributed by atoms with E-state index < -0.39 is 18.1 Å². The second-order valence-corrected chi connectivity index (χ2v) is 4.03. The van der Waals surface area contributed by atoms with Crippen LogP contribution < -0.4 is 11.5 Å². The van der Waals surface area contributed by atoms with Crippen LogP contribution in [0.1, 0.15) is 33.1 Å². The molecular formula is C11H25Cl2N3O3. The van der Waals surface area contributed by atoms with Gasteiger partial charge in [0.1, 0.15) is 6.04 Å². The molecule has 1 amide bonds. The molecule has 0 unspecified atom stereocenters. The molecule has 0 aromatic rings. The van der Waals surface area contributed by atoms with Gasteiger partial charge >= 0.3 is 5.97 Å². The van der Waals surface area contributed by atoms with E-state index in [-0.39, 0.29) is 30.7 Å². The summed E-state index contributed by atoms with van der Waals surface area (Å²) in [6.45, 7) is 4.14. The molecule has 0 bridgehead atoms. The molecule has 0 aromatic carbocycles. The van der Waals surface area contributed by atoms with Crippen molar-refractivity contribution in [2.45, 2.75) is 45.2 Å². The van der Waals surface area contributed by atoms with Gasteiger partial charge in [0.2, 0.25) is 5.91 Å². The predicted molar refractivity (Wildman–Crippen MR) is 79.9 cm³/mol. The van der Waals surface area contributed by atoms with E-state index in [2.05, 4.69) is 0 Å². The van der Waals surface area contributed by atoms with E-state index in [4.69, 9.17) is 16.6 Å². The summed E-state index contributed by atoms with van der Waals surface area (Å²) in [5.41, 5.74) is 11.1. The van der Waals surface area contributed by atoms with Crippen LogP contribution in [0.2, 0.25) is 0 Å². The van der Waals surface area contributed by atoms with E-state index in [1.807, 2.05) is 0 Å². The molecule has 2 atom stereocenters. The summed E-state index contributed by atoms with van der Waals surface area (Å²) in [5, 5.41) is 8.88. The Bertz CT molecular complexity index is 268. The zero-order valence-corrected chi connectivity index (χ0v) is 13.0. The molecule has 8 heteroatoms. The fraction of sp³-hybridized carbons (Fsp3) is 0.818. The molecule has 0 saturated carbocycles. The highest BCUT2D eigenvalue weighted by Gasteiger charge is 2.27. The summed E-state index contributed by atoms with van der Waals surface area (Å²) >= 11 is 0. The van der Waals surface area contributed by atoms with Gasteiger partial charge in [0.15, 0.2) is 0 Å². The second-order valence-electron chi connectivity index (χ2n) is 4.03. The van der Waals surface area contributed by atoms with Crippen molar-refractivity contribution in [2.75, 3.05) is 13.1 Å². The number of carboxylic acid groups (broad SMARTS) is 1. The highest BCUT2D eigenvalue weighted by molar-refractivity contribution is 5.86. The van der Waals surface area contributed by atoms with E-state index in [0.29, 0.717) is 19.5 Å². The smallest absolute Gasteiger partial charge is 0.326 e. The zero-order chi connectivity index (χ0) is 13.4. The highest BCUT2D eigenvalue weighted by atomic mass is 35.5. The fourth-order valence-corrected chi connectivity index (χ4v) is 1.60. The van der Waals surface area contributed by atoms with Crippen LogP contribution in [0.4, 0.5) is 0 Å². The molecule has 0 spiro atoms. The van der Waals surface area contributed by atoms with Gasteiger partial charge in [0, 0.05) is 6.54 Å². The van der Waals surface area contributed by atoms with Crippen LogP contribution >= 0.6 is 24.8 Å². The van der Waals surface area contributed by atoms with Crippen molar-refractivity contribution in [2.24, 2.45) is 11.5 Å². The van der Waals surface area contributed by atoms with Crippen molar-refractivity contribution >= 4 is 36.7 Å². The third kappa shape index (κ3) is 8.26. The number of rotatable bonds is 8. The number of nitrogens with two attached hydrogens (primary N) is 2. The summed E-state index contributed by atoms with van der Waals surface area (Å²) < 4.78 is 0. The van der Waals surface area contributed by atoms with Crippen LogP contribution in [0, 0.1) is 0 Å². The Kier molecular flexibility index (Phi) is 15.4. The number of amides is 1. The van der Waals surface area contributed by atoms with Gasteiger partial charge < -0.3 is 21.5 Å². The van der Waals surface area contributed by atoms with Crippen LogP contribution in [-0.4, -0.2) is 47.1 Å². The first-order valence-electron chi connectivity index (χ1n) is 5.94. The van der Waals surface area contributed by atoms with E-state index in [1.54, 1.807) is 6.92 Å². The molecule has 0 radical (unpaired) electrons.